The van der Waals surface area contributed by atoms with Crippen molar-refractivity contribution in [3.8, 4) is 0 Å². The van der Waals surface area contributed by atoms with Crippen LogP contribution in [0, 0.1) is 0 Å². The van der Waals surface area contributed by atoms with Crippen LogP contribution in [0.4, 0.5) is 39.5 Å². The van der Waals surface area contributed by atoms with Gasteiger partial charge in [0.2, 0.25) is 0 Å². The predicted octanol–water partition coefficient (Wildman–Crippen LogP) is 4.17. The second-order valence-corrected chi connectivity index (χ2v) is 3.50. The summed E-state index contributed by atoms with van der Waals surface area (Å²) in [6, 6.07) is 0. The number of hydrogen-bond donors (Lipinski definition) is 0. The van der Waals surface area contributed by atoms with Crippen molar-refractivity contribution in [2.24, 2.45) is 0 Å². The lowest BCUT2D eigenvalue weighted by Gasteiger charge is -2.39. The van der Waals surface area contributed by atoms with Crippen molar-refractivity contribution in [3.05, 3.63) is 11.6 Å². The first-order chi connectivity index (χ1) is 7.36. The average molecular weight is 272 g/mol. The molecule has 1 aliphatic rings. The van der Waals surface area contributed by atoms with E-state index in [0.29, 0.717) is 6.08 Å². The largest absolute Gasteiger partial charge is 0.457 e. The zero-order chi connectivity index (χ0) is 13.7. The molecule has 1 aliphatic carbocycles. The third-order valence-corrected chi connectivity index (χ3v) is 2.43. The number of halogens is 9. The molecule has 0 nitrogen and oxygen atoms in total. The standard InChI is InChI=1S/C8H5F9/c9-5(7(12,13)14,4-2-1-3-4)6(10,11)8(15,16)17/h2H,1,3H2. The first-order valence-corrected chi connectivity index (χ1v) is 4.25. The molecule has 17 heavy (non-hydrogen) atoms. The maximum Gasteiger partial charge on any atom is 0.457 e. The van der Waals surface area contributed by atoms with Crippen LogP contribution < -0.4 is 0 Å². The Morgan fingerprint density at radius 2 is 1.18 bits per heavy atom. The van der Waals surface area contributed by atoms with E-state index in [1.165, 1.54) is 0 Å². The molecule has 0 amide bonds. The Kier molecular flexibility index (Phi) is 2.96. The van der Waals surface area contributed by atoms with Gasteiger partial charge in [0.15, 0.2) is 0 Å². The Labute approximate surface area is 89.1 Å². The van der Waals surface area contributed by atoms with Gasteiger partial charge in [-0.15, -0.1) is 0 Å². The lowest BCUT2D eigenvalue weighted by atomic mass is 9.79. The van der Waals surface area contributed by atoms with E-state index in [1.54, 1.807) is 0 Å². The molecule has 0 radical (unpaired) electrons. The first-order valence-electron chi connectivity index (χ1n) is 4.25. The molecule has 9 heteroatoms. The van der Waals surface area contributed by atoms with E-state index < -0.39 is 35.9 Å². The fourth-order valence-electron chi connectivity index (χ4n) is 1.36. The minimum atomic E-state index is -6.62. The highest BCUT2D eigenvalue weighted by atomic mass is 19.4. The van der Waals surface area contributed by atoms with Gasteiger partial charge in [0.05, 0.1) is 0 Å². The SMILES string of the molecule is FC(F)(F)C(F)(F)C(F)(C1=CCC1)C(F)(F)F. The highest BCUT2D eigenvalue weighted by molar-refractivity contribution is 5.31. The minimum Gasteiger partial charge on any atom is -0.222 e. The number of rotatable bonds is 2. The van der Waals surface area contributed by atoms with Gasteiger partial charge in [-0.05, 0) is 18.4 Å². The van der Waals surface area contributed by atoms with Crippen molar-refractivity contribution in [1.29, 1.82) is 0 Å². The highest BCUT2D eigenvalue weighted by Gasteiger charge is 2.82. The molecule has 0 N–H and O–H groups in total. The number of hydrogen-bond acceptors (Lipinski definition) is 0. The summed E-state index contributed by atoms with van der Waals surface area (Å²) in [7, 11) is 0. The molecule has 0 aromatic carbocycles. The van der Waals surface area contributed by atoms with Crippen molar-refractivity contribution >= 4 is 0 Å². The van der Waals surface area contributed by atoms with Crippen molar-refractivity contribution in [3.63, 3.8) is 0 Å². The summed E-state index contributed by atoms with van der Waals surface area (Å²) in [6.45, 7) is 0. The van der Waals surface area contributed by atoms with Crippen molar-refractivity contribution in [2.75, 3.05) is 0 Å². The summed E-state index contributed by atoms with van der Waals surface area (Å²) in [5.74, 6) is -6.51. The van der Waals surface area contributed by atoms with E-state index in [-0.39, 0.29) is 6.42 Å². The minimum absolute atomic E-state index is 0.162. The average Bonchev–Trinajstić information content (AvgIpc) is 1.95. The molecule has 0 saturated carbocycles. The maximum absolute atomic E-state index is 13.4. The molecular formula is C8H5F9. The van der Waals surface area contributed by atoms with Crippen LogP contribution in [0.15, 0.2) is 11.6 Å². The van der Waals surface area contributed by atoms with Gasteiger partial charge < -0.3 is 0 Å². The summed E-state index contributed by atoms with van der Waals surface area (Å²) >= 11 is 0. The first kappa shape index (κ1) is 14.2. The van der Waals surface area contributed by atoms with E-state index in [2.05, 4.69) is 0 Å². The van der Waals surface area contributed by atoms with Crippen LogP contribution in [0.2, 0.25) is 0 Å². The lowest BCUT2D eigenvalue weighted by Crippen LogP contribution is -2.63. The number of allylic oxidation sites excluding steroid dienone is 2. The van der Waals surface area contributed by atoms with Crippen molar-refractivity contribution in [2.45, 2.75) is 36.8 Å². The molecule has 0 heterocycles. The van der Waals surface area contributed by atoms with Gasteiger partial charge in [-0.1, -0.05) is 6.08 Å². The van der Waals surface area contributed by atoms with Crippen LogP contribution in [0.1, 0.15) is 12.8 Å². The van der Waals surface area contributed by atoms with Gasteiger partial charge in [0, 0.05) is 0 Å². The zero-order valence-electron chi connectivity index (χ0n) is 7.89. The second kappa shape index (κ2) is 3.55. The molecule has 1 rings (SSSR count). The fraction of sp³-hybridized carbons (Fsp3) is 0.750. The second-order valence-electron chi connectivity index (χ2n) is 3.50. The lowest BCUT2D eigenvalue weighted by molar-refractivity contribution is -0.373. The van der Waals surface area contributed by atoms with Gasteiger partial charge >= 0.3 is 18.3 Å². The quantitative estimate of drug-likeness (QED) is 0.522. The van der Waals surface area contributed by atoms with Crippen LogP contribution >= 0.6 is 0 Å². The van der Waals surface area contributed by atoms with Gasteiger partial charge in [-0.2, -0.15) is 35.1 Å². The topological polar surface area (TPSA) is 0 Å². The molecule has 0 aromatic heterocycles. The van der Waals surface area contributed by atoms with Crippen molar-refractivity contribution in [1.82, 2.24) is 0 Å². The van der Waals surface area contributed by atoms with Gasteiger partial charge in [0.25, 0.3) is 5.67 Å². The third kappa shape index (κ3) is 1.79. The molecule has 0 spiro atoms. The molecule has 0 aromatic rings. The third-order valence-electron chi connectivity index (χ3n) is 2.43. The van der Waals surface area contributed by atoms with E-state index >= 15 is 0 Å². The Balaban J connectivity index is 3.35. The summed E-state index contributed by atoms with van der Waals surface area (Å²) in [5, 5.41) is 0. The molecule has 0 bridgehead atoms. The molecule has 0 fully saturated rings. The zero-order valence-corrected chi connectivity index (χ0v) is 7.89. The van der Waals surface area contributed by atoms with Crippen LogP contribution in [0.5, 0.6) is 0 Å². The van der Waals surface area contributed by atoms with Gasteiger partial charge in [-0.3, -0.25) is 0 Å². The molecule has 1 atom stereocenters. The predicted molar refractivity (Wildman–Crippen MR) is 38.2 cm³/mol. The Bertz CT molecular complexity index is 334. The van der Waals surface area contributed by atoms with Crippen LogP contribution in [-0.4, -0.2) is 23.9 Å². The Morgan fingerprint density at radius 1 is 0.765 bits per heavy atom. The summed E-state index contributed by atoms with van der Waals surface area (Å²) in [5.41, 5.74) is -7.26. The Morgan fingerprint density at radius 3 is 1.35 bits per heavy atom. The van der Waals surface area contributed by atoms with Crippen LogP contribution in [-0.2, 0) is 0 Å². The molecule has 0 saturated heterocycles. The summed E-state index contributed by atoms with van der Waals surface area (Å²) < 4.78 is 111. The van der Waals surface area contributed by atoms with E-state index in [0.717, 1.165) is 0 Å². The van der Waals surface area contributed by atoms with E-state index in [9.17, 15) is 39.5 Å². The number of alkyl halides is 9. The summed E-state index contributed by atoms with van der Waals surface area (Å²) in [4.78, 5) is 0. The highest BCUT2D eigenvalue weighted by Crippen LogP contribution is 2.58. The Hall–Kier alpha value is -0.890. The van der Waals surface area contributed by atoms with E-state index in [4.69, 9.17) is 0 Å². The van der Waals surface area contributed by atoms with Gasteiger partial charge in [0.1, 0.15) is 0 Å². The van der Waals surface area contributed by atoms with Gasteiger partial charge in [-0.25, -0.2) is 4.39 Å². The molecule has 1 unspecified atom stereocenters. The van der Waals surface area contributed by atoms with Crippen LogP contribution in [0.3, 0.4) is 0 Å². The smallest absolute Gasteiger partial charge is 0.222 e. The normalized spacial score (nSPS) is 21.6. The monoisotopic (exact) mass is 272 g/mol. The molecule has 100 valence electrons. The molecular weight excluding hydrogens is 267 g/mol. The van der Waals surface area contributed by atoms with Crippen LogP contribution in [0.25, 0.3) is 0 Å². The maximum atomic E-state index is 13.4. The summed E-state index contributed by atoms with van der Waals surface area (Å²) in [6.07, 6.45) is -13.5. The fourth-order valence-corrected chi connectivity index (χ4v) is 1.36. The van der Waals surface area contributed by atoms with E-state index in [1.807, 2.05) is 0 Å². The van der Waals surface area contributed by atoms with Crippen molar-refractivity contribution < 1.29 is 39.5 Å². The molecule has 0 aliphatic heterocycles.